The number of aromatic amines is 1. The van der Waals surface area contributed by atoms with Crippen molar-refractivity contribution in [2.75, 3.05) is 6.26 Å². The number of hydrogen-bond donors (Lipinski definition) is 1. The summed E-state index contributed by atoms with van der Waals surface area (Å²) < 4.78 is 2.38. The van der Waals surface area contributed by atoms with Crippen LogP contribution in [0.25, 0.3) is 23.1 Å². The minimum atomic E-state index is -0.594. The number of Topliss-reactive ketones (excluding diaryl/α,β-unsaturated/α-hetero) is 2. The lowest BCUT2D eigenvalue weighted by atomic mass is 9.91. The van der Waals surface area contributed by atoms with Crippen molar-refractivity contribution in [2.45, 2.75) is 32.2 Å². The Balaban J connectivity index is 1.82. The summed E-state index contributed by atoms with van der Waals surface area (Å²) in [5.74, 6) is -0.288. The van der Waals surface area contributed by atoms with E-state index in [9.17, 15) is 14.4 Å². The van der Waals surface area contributed by atoms with Crippen LogP contribution in [0.4, 0.5) is 0 Å². The van der Waals surface area contributed by atoms with E-state index in [1.54, 1.807) is 18.0 Å². The lowest BCUT2D eigenvalue weighted by molar-refractivity contribution is -0.120. The average Bonchev–Trinajstić information content (AvgIpc) is 3.36. The normalized spacial score (nSPS) is 13.1. The van der Waals surface area contributed by atoms with Gasteiger partial charge in [-0.2, -0.15) is 0 Å². The highest BCUT2D eigenvalue weighted by atomic mass is 32.2. The van der Waals surface area contributed by atoms with Crippen molar-refractivity contribution in [2.24, 2.45) is 5.41 Å². The van der Waals surface area contributed by atoms with Crippen LogP contribution in [0.5, 0.6) is 0 Å². The van der Waals surface area contributed by atoms with Gasteiger partial charge in [0.15, 0.2) is 11.6 Å². The van der Waals surface area contributed by atoms with Crippen LogP contribution in [-0.2, 0) is 11.3 Å². The Morgan fingerprint density at radius 3 is 2.47 bits per heavy atom. The topological polar surface area (TPSA) is 71.9 Å². The zero-order valence-electron chi connectivity index (χ0n) is 19.5. The Labute approximate surface area is 205 Å². The standard InChI is InChI=1S/C27H26N2O3S2/c1-27(2,3)24(31)14-25-29(16-22(30)20-15-28-21-8-6-5-7-19(20)21)26(32)23(34-25)13-17-9-11-18(33-4)12-10-17/h5-15,28H,16H2,1-4H3/b23-13+,25-14+. The van der Waals surface area contributed by atoms with Crippen LogP contribution in [0.1, 0.15) is 36.7 Å². The Morgan fingerprint density at radius 1 is 1.09 bits per heavy atom. The second kappa shape index (κ2) is 9.60. The van der Waals surface area contributed by atoms with Gasteiger partial charge in [0.05, 0.1) is 11.1 Å². The van der Waals surface area contributed by atoms with Gasteiger partial charge in [-0.1, -0.05) is 51.1 Å². The quantitative estimate of drug-likeness (QED) is 0.325. The highest BCUT2D eigenvalue weighted by molar-refractivity contribution is 7.98. The molecule has 0 aliphatic heterocycles. The number of nitrogens with one attached hydrogen (secondary N) is 1. The number of carbonyl (C=O) groups excluding carboxylic acids is 2. The Kier molecular flexibility index (Phi) is 6.77. The zero-order valence-corrected chi connectivity index (χ0v) is 21.2. The van der Waals surface area contributed by atoms with Gasteiger partial charge in [-0.05, 0) is 36.1 Å². The molecule has 0 unspecified atom stereocenters. The van der Waals surface area contributed by atoms with Crippen LogP contribution in [-0.4, -0.2) is 27.4 Å². The molecular formula is C27H26N2O3S2. The van der Waals surface area contributed by atoms with E-state index in [1.165, 1.54) is 22.0 Å². The minimum Gasteiger partial charge on any atom is -0.360 e. The number of rotatable bonds is 6. The molecule has 174 valence electrons. The molecule has 0 radical (unpaired) electrons. The first-order chi connectivity index (χ1) is 16.2. The van der Waals surface area contributed by atoms with Gasteiger partial charge in [-0.25, -0.2) is 0 Å². The van der Waals surface area contributed by atoms with Crippen LogP contribution in [0.15, 0.2) is 64.4 Å². The number of ketones is 2. The number of benzene rings is 2. The van der Waals surface area contributed by atoms with Crippen LogP contribution >= 0.6 is 23.1 Å². The van der Waals surface area contributed by atoms with Crippen molar-refractivity contribution in [3.05, 3.63) is 85.4 Å². The third kappa shape index (κ3) is 5.00. The number of thioether (sulfide) groups is 1. The first-order valence-electron chi connectivity index (χ1n) is 10.9. The molecule has 2 aromatic carbocycles. The van der Waals surface area contributed by atoms with Crippen LogP contribution in [0.2, 0.25) is 0 Å². The number of nitrogens with zero attached hydrogens (tertiary/aromatic N) is 1. The van der Waals surface area contributed by atoms with Gasteiger partial charge in [-0.3, -0.25) is 19.0 Å². The van der Waals surface area contributed by atoms with Crippen LogP contribution in [0.3, 0.4) is 0 Å². The maximum atomic E-state index is 13.4. The minimum absolute atomic E-state index is 0.0992. The SMILES string of the molecule is CSc1ccc(/C=c2/s/c(=C/C(=O)C(C)(C)C)n(CC(=O)c3c[nH]c4ccccc34)c2=O)cc1. The lowest BCUT2D eigenvalue weighted by Gasteiger charge is -2.12. The summed E-state index contributed by atoms with van der Waals surface area (Å²) in [5.41, 5.74) is 1.41. The fourth-order valence-corrected chi connectivity index (χ4v) is 4.95. The van der Waals surface area contributed by atoms with E-state index < -0.39 is 5.41 Å². The highest BCUT2D eigenvalue weighted by Gasteiger charge is 2.20. The number of carbonyl (C=O) groups is 2. The number of para-hydroxylation sites is 1. The molecule has 0 aliphatic rings. The molecule has 34 heavy (non-hydrogen) atoms. The Hall–Kier alpha value is -3.16. The van der Waals surface area contributed by atoms with Crippen molar-refractivity contribution in [3.63, 3.8) is 0 Å². The third-order valence-electron chi connectivity index (χ3n) is 5.54. The first kappa shape index (κ1) is 24.0. The molecule has 0 amide bonds. The van der Waals surface area contributed by atoms with Gasteiger partial charge >= 0.3 is 0 Å². The van der Waals surface area contributed by atoms with Gasteiger partial charge in [0, 0.05) is 39.0 Å². The van der Waals surface area contributed by atoms with E-state index in [-0.39, 0.29) is 23.7 Å². The van der Waals surface area contributed by atoms with Crippen molar-refractivity contribution in [1.29, 1.82) is 0 Å². The van der Waals surface area contributed by atoms with Crippen molar-refractivity contribution in [3.8, 4) is 0 Å². The largest absolute Gasteiger partial charge is 0.360 e. The molecule has 0 atom stereocenters. The molecule has 0 aliphatic carbocycles. The van der Waals surface area contributed by atoms with Crippen molar-refractivity contribution < 1.29 is 9.59 Å². The molecule has 0 saturated heterocycles. The summed E-state index contributed by atoms with van der Waals surface area (Å²) in [6.07, 6.45) is 6.98. The molecule has 4 rings (SSSR count). The molecule has 0 spiro atoms. The molecule has 0 bridgehead atoms. The maximum Gasteiger partial charge on any atom is 0.269 e. The van der Waals surface area contributed by atoms with Gasteiger partial charge < -0.3 is 4.98 Å². The van der Waals surface area contributed by atoms with E-state index >= 15 is 0 Å². The third-order valence-corrected chi connectivity index (χ3v) is 7.34. The fourth-order valence-electron chi connectivity index (χ4n) is 3.50. The van der Waals surface area contributed by atoms with Gasteiger partial charge in [0.1, 0.15) is 4.66 Å². The smallest absolute Gasteiger partial charge is 0.269 e. The van der Waals surface area contributed by atoms with E-state index in [4.69, 9.17) is 0 Å². The predicted octanol–water partition coefficient (Wildman–Crippen LogP) is 4.22. The van der Waals surface area contributed by atoms with Gasteiger partial charge in [-0.15, -0.1) is 23.1 Å². The molecule has 2 aromatic heterocycles. The number of aromatic nitrogens is 2. The maximum absolute atomic E-state index is 13.4. The summed E-state index contributed by atoms with van der Waals surface area (Å²) in [6, 6.07) is 15.5. The van der Waals surface area contributed by atoms with Crippen molar-refractivity contribution >= 4 is 57.7 Å². The number of thiazole rings is 1. The van der Waals surface area contributed by atoms with Crippen LogP contribution < -0.4 is 14.8 Å². The Morgan fingerprint density at radius 2 is 1.79 bits per heavy atom. The second-order valence-corrected chi connectivity index (χ2v) is 11.0. The monoisotopic (exact) mass is 490 g/mol. The van der Waals surface area contributed by atoms with E-state index in [1.807, 2.05) is 81.6 Å². The lowest BCUT2D eigenvalue weighted by Crippen LogP contribution is -2.34. The Bertz CT molecular complexity index is 1550. The van der Waals surface area contributed by atoms with E-state index in [2.05, 4.69) is 4.98 Å². The predicted molar refractivity (Wildman–Crippen MR) is 141 cm³/mol. The second-order valence-electron chi connectivity index (χ2n) is 9.04. The zero-order chi connectivity index (χ0) is 24.5. The molecule has 7 heteroatoms. The number of H-pyrrole nitrogens is 1. The number of fused-ring (bicyclic) bond motifs is 1. The molecule has 4 aromatic rings. The summed E-state index contributed by atoms with van der Waals surface area (Å²) in [5, 5.41) is 0.813. The summed E-state index contributed by atoms with van der Waals surface area (Å²) >= 11 is 2.88. The molecular weight excluding hydrogens is 464 g/mol. The highest BCUT2D eigenvalue weighted by Crippen LogP contribution is 2.19. The summed E-state index contributed by atoms with van der Waals surface area (Å²) in [4.78, 5) is 43.6. The first-order valence-corrected chi connectivity index (χ1v) is 12.9. The van der Waals surface area contributed by atoms with Crippen LogP contribution in [0, 0.1) is 5.41 Å². The van der Waals surface area contributed by atoms with E-state index in [0.717, 1.165) is 21.4 Å². The summed E-state index contributed by atoms with van der Waals surface area (Å²) in [6.45, 7) is 5.36. The van der Waals surface area contributed by atoms with E-state index in [0.29, 0.717) is 14.8 Å². The number of hydrogen-bond acceptors (Lipinski definition) is 5. The molecule has 0 saturated carbocycles. The average molecular weight is 491 g/mol. The molecule has 1 N–H and O–H groups in total. The fraction of sp³-hybridized carbons (Fsp3) is 0.222. The van der Waals surface area contributed by atoms with Gasteiger partial charge in [0.25, 0.3) is 5.56 Å². The molecule has 2 heterocycles. The summed E-state index contributed by atoms with van der Waals surface area (Å²) in [7, 11) is 0. The molecule has 0 fully saturated rings. The van der Waals surface area contributed by atoms with Crippen molar-refractivity contribution in [1.82, 2.24) is 9.55 Å². The molecule has 5 nitrogen and oxygen atoms in total. The van der Waals surface area contributed by atoms with Gasteiger partial charge in [0.2, 0.25) is 0 Å².